The summed E-state index contributed by atoms with van der Waals surface area (Å²) in [6.07, 6.45) is 0. The lowest BCUT2D eigenvalue weighted by Crippen LogP contribution is -2.19. The molecule has 0 fully saturated rings. The Balaban J connectivity index is 2.60. The fourth-order valence-corrected chi connectivity index (χ4v) is 1.30. The van der Waals surface area contributed by atoms with E-state index in [4.69, 9.17) is 4.74 Å². The number of carbonyl (C=O) groups excluding carboxylic acids is 2. The van der Waals surface area contributed by atoms with Crippen LogP contribution in [0.5, 0.6) is 0 Å². The lowest BCUT2D eigenvalue weighted by Gasteiger charge is -2.07. The molecular weight excluding hydrogens is 220 g/mol. The first-order valence-electron chi connectivity index (χ1n) is 5.39. The van der Waals surface area contributed by atoms with Gasteiger partial charge in [0.2, 0.25) is 0 Å². The van der Waals surface area contributed by atoms with Gasteiger partial charge in [0.05, 0.1) is 6.61 Å². The Morgan fingerprint density at radius 2 is 2.12 bits per heavy atom. The third-order valence-corrected chi connectivity index (χ3v) is 2.09. The third-order valence-electron chi connectivity index (χ3n) is 2.09. The summed E-state index contributed by atoms with van der Waals surface area (Å²) in [5.41, 5.74) is 1.25. The standard InChI is InChI=1S/C12H16N2O3/c1-3-17-11(15)8-14-10-6-4-5-9(7-10)12(16)13-2/h4-7,14H,3,8H2,1-2H3,(H,13,16). The lowest BCUT2D eigenvalue weighted by molar-refractivity contribution is -0.140. The van der Waals surface area contributed by atoms with E-state index < -0.39 is 0 Å². The van der Waals surface area contributed by atoms with Crippen LogP contribution in [0, 0.1) is 0 Å². The maximum atomic E-state index is 11.4. The molecule has 0 bridgehead atoms. The van der Waals surface area contributed by atoms with Gasteiger partial charge in [0.15, 0.2) is 0 Å². The Morgan fingerprint density at radius 1 is 1.35 bits per heavy atom. The fraction of sp³-hybridized carbons (Fsp3) is 0.333. The molecule has 17 heavy (non-hydrogen) atoms. The van der Waals surface area contributed by atoms with Crippen LogP contribution < -0.4 is 10.6 Å². The van der Waals surface area contributed by atoms with Gasteiger partial charge in [0.25, 0.3) is 5.91 Å². The van der Waals surface area contributed by atoms with Gasteiger partial charge in [0, 0.05) is 18.3 Å². The second kappa shape index (κ2) is 6.52. The van der Waals surface area contributed by atoms with E-state index in [-0.39, 0.29) is 18.4 Å². The smallest absolute Gasteiger partial charge is 0.325 e. The second-order valence-electron chi connectivity index (χ2n) is 3.32. The van der Waals surface area contributed by atoms with Crippen molar-refractivity contribution in [2.75, 3.05) is 25.5 Å². The van der Waals surface area contributed by atoms with E-state index in [0.29, 0.717) is 17.9 Å². The van der Waals surface area contributed by atoms with E-state index in [1.54, 1.807) is 38.2 Å². The van der Waals surface area contributed by atoms with Gasteiger partial charge >= 0.3 is 5.97 Å². The van der Waals surface area contributed by atoms with Crippen LogP contribution in [0.15, 0.2) is 24.3 Å². The monoisotopic (exact) mass is 236 g/mol. The molecule has 0 spiro atoms. The van der Waals surface area contributed by atoms with Crippen molar-refractivity contribution in [2.45, 2.75) is 6.92 Å². The normalized spacial score (nSPS) is 9.53. The van der Waals surface area contributed by atoms with Crippen LogP contribution in [0.25, 0.3) is 0 Å². The molecule has 0 radical (unpaired) electrons. The first-order valence-corrected chi connectivity index (χ1v) is 5.39. The average molecular weight is 236 g/mol. The van der Waals surface area contributed by atoms with Crippen molar-refractivity contribution in [3.63, 3.8) is 0 Å². The summed E-state index contributed by atoms with van der Waals surface area (Å²) in [7, 11) is 1.57. The van der Waals surface area contributed by atoms with Crippen LogP contribution in [0.4, 0.5) is 5.69 Å². The number of hydrogen-bond acceptors (Lipinski definition) is 4. The Morgan fingerprint density at radius 3 is 2.76 bits per heavy atom. The van der Waals surface area contributed by atoms with Gasteiger partial charge < -0.3 is 15.4 Å². The van der Waals surface area contributed by atoms with E-state index >= 15 is 0 Å². The molecule has 0 aromatic heterocycles. The highest BCUT2D eigenvalue weighted by atomic mass is 16.5. The van der Waals surface area contributed by atoms with Crippen LogP contribution in [-0.4, -0.2) is 32.1 Å². The fourth-order valence-electron chi connectivity index (χ4n) is 1.30. The summed E-state index contributed by atoms with van der Waals surface area (Å²) in [5.74, 6) is -0.484. The molecule has 92 valence electrons. The van der Waals surface area contributed by atoms with Crippen LogP contribution in [0.1, 0.15) is 17.3 Å². The molecule has 2 N–H and O–H groups in total. The number of esters is 1. The molecule has 1 aromatic rings. The number of carbonyl (C=O) groups is 2. The minimum absolute atomic E-state index is 0.0883. The molecule has 0 saturated carbocycles. The van der Waals surface area contributed by atoms with Crippen molar-refractivity contribution in [1.29, 1.82) is 0 Å². The highest BCUT2D eigenvalue weighted by Gasteiger charge is 2.05. The van der Waals surface area contributed by atoms with Crippen molar-refractivity contribution in [1.82, 2.24) is 5.32 Å². The molecule has 1 amide bonds. The Labute approximate surface area is 100 Å². The van der Waals surface area contributed by atoms with Crippen molar-refractivity contribution in [3.05, 3.63) is 29.8 Å². The van der Waals surface area contributed by atoms with Crippen LogP contribution in [0.3, 0.4) is 0 Å². The van der Waals surface area contributed by atoms with Crippen LogP contribution in [-0.2, 0) is 9.53 Å². The molecule has 1 rings (SSSR count). The Hall–Kier alpha value is -2.04. The molecule has 0 aliphatic rings. The van der Waals surface area contributed by atoms with Crippen molar-refractivity contribution < 1.29 is 14.3 Å². The third kappa shape index (κ3) is 4.14. The van der Waals surface area contributed by atoms with E-state index in [1.807, 2.05) is 0 Å². The molecular formula is C12H16N2O3. The Bertz CT molecular complexity index is 404. The van der Waals surface area contributed by atoms with Gasteiger partial charge in [-0.3, -0.25) is 9.59 Å². The number of rotatable bonds is 5. The lowest BCUT2D eigenvalue weighted by atomic mass is 10.2. The van der Waals surface area contributed by atoms with Crippen molar-refractivity contribution >= 4 is 17.6 Å². The van der Waals surface area contributed by atoms with Crippen LogP contribution >= 0.6 is 0 Å². The van der Waals surface area contributed by atoms with Gasteiger partial charge in [-0.25, -0.2) is 0 Å². The van der Waals surface area contributed by atoms with Gasteiger partial charge in [-0.05, 0) is 25.1 Å². The molecule has 5 nitrogen and oxygen atoms in total. The largest absolute Gasteiger partial charge is 0.465 e. The van der Waals surface area contributed by atoms with Gasteiger partial charge in [-0.1, -0.05) is 6.07 Å². The molecule has 0 saturated heterocycles. The maximum Gasteiger partial charge on any atom is 0.325 e. The summed E-state index contributed by atoms with van der Waals surface area (Å²) in [5, 5.41) is 5.43. The predicted octanol–water partition coefficient (Wildman–Crippen LogP) is 1.02. The number of ether oxygens (including phenoxy) is 1. The van der Waals surface area contributed by atoms with Gasteiger partial charge in [0.1, 0.15) is 6.54 Å². The molecule has 0 aliphatic heterocycles. The Kier molecular flexibility index (Phi) is 5.00. The zero-order valence-electron chi connectivity index (χ0n) is 9.95. The average Bonchev–Trinajstić information content (AvgIpc) is 2.36. The van der Waals surface area contributed by atoms with E-state index in [0.717, 1.165) is 0 Å². The van der Waals surface area contributed by atoms with E-state index in [9.17, 15) is 9.59 Å². The van der Waals surface area contributed by atoms with E-state index in [1.165, 1.54) is 0 Å². The molecule has 0 heterocycles. The summed E-state index contributed by atoms with van der Waals surface area (Å²) in [4.78, 5) is 22.5. The highest BCUT2D eigenvalue weighted by Crippen LogP contribution is 2.10. The number of amides is 1. The molecule has 0 unspecified atom stereocenters. The zero-order chi connectivity index (χ0) is 12.7. The van der Waals surface area contributed by atoms with Crippen molar-refractivity contribution in [3.8, 4) is 0 Å². The summed E-state index contributed by atoms with van der Waals surface area (Å²) in [6.45, 7) is 2.20. The first kappa shape index (κ1) is 13.0. The second-order valence-corrected chi connectivity index (χ2v) is 3.32. The SMILES string of the molecule is CCOC(=O)CNc1cccc(C(=O)NC)c1. The number of nitrogens with one attached hydrogen (secondary N) is 2. The summed E-state index contributed by atoms with van der Waals surface area (Å²) >= 11 is 0. The first-order chi connectivity index (χ1) is 8.17. The number of anilines is 1. The van der Waals surface area contributed by atoms with E-state index in [2.05, 4.69) is 10.6 Å². The minimum atomic E-state index is -0.321. The highest BCUT2D eigenvalue weighted by molar-refractivity contribution is 5.95. The van der Waals surface area contributed by atoms with Crippen LogP contribution in [0.2, 0.25) is 0 Å². The number of benzene rings is 1. The van der Waals surface area contributed by atoms with Crippen molar-refractivity contribution in [2.24, 2.45) is 0 Å². The summed E-state index contributed by atoms with van der Waals surface area (Å²) in [6, 6.07) is 6.91. The summed E-state index contributed by atoms with van der Waals surface area (Å²) < 4.78 is 4.78. The molecule has 0 aliphatic carbocycles. The van der Waals surface area contributed by atoms with Gasteiger partial charge in [-0.15, -0.1) is 0 Å². The quantitative estimate of drug-likeness (QED) is 0.749. The predicted molar refractivity (Wildman–Crippen MR) is 65.0 cm³/mol. The molecule has 5 heteroatoms. The number of hydrogen-bond donors (Lipinski definition) is 2. The molecule has 1 aromatic carbocycles. The zero-order valence-corrected chi connectivity index (χ0v) is 9.95. The van der Waals surface area contributed by atoms with Gasteiger partial charge in [-0.2, -0.15) is 0 Å². The molecule has 0 atom stereocenters. The maximum absolute atomic E-state index is 11.4. The minimum Gasteiger partial charge on any atom is -0.465 e. The topological polar surface area (TPSA) is 67.4 Å².